The average Bonchev–Trinajstić information content (AvgIpc) is 3.31. The molecule has 0 saturated heterocycles. The number of allylic oxidation sites excluding steroid dienone is 1. The Hall–Kier alpha value is -0.630. The van der Waals surface area contributed by atoms with Gasteiger partial charge < -0.3 is 10.2 Å². The molecule has 2 heterocycles. The highest BCUT2D eigenvalue weighted by atomic mass is 35.5. The molecule has 0 spiro atoms. The summed E-state index contributed by atoms with van der Waals surface area (Å²) in [4.78, 5) is 22.0. The van der Waals surface area contributed by atoms with E-state index in [0.717, 1.165) is 24.2 Å². The van der Waals surface area contributed by atoms with Gasteiger partial charge in [-0.25, -0.2) is 9.59 Å². The first-order valence-electron chi connectivity index (χ1n) is 9.57. The van der Waals surface area contributed by atoms with Crippen LogP contribution in [0.1, 0.15) is 74.9 Å². The van der Waals surface area contributed by atoms with Crippen molar-refractivity contribution in [1.82, 2.24) is 0 Å². The number of hydrogen-bond donors (Lipinski definition) is 2. The summed E-state index contributed by atoms with van der Waals surface area (Å²) in [5.74, 6) is -1.59. The zero-order chi connectivity index (χ0) is 21.0. The maximum Gasteiger partial charge on any atom is 0.345 e. The van der Waals surface area contributed by atoms with Crippen molar-refractivity contribution < 1.29 is 19.8 Å². The van der Waals surface area contributed by atoms with E-state index in [1.165, 1.54) is 49.9 Å². The lowest BCUT2D eigenvalue weighted by atomic mass is 10.1. The lowest BCUT2D eigenvalue weighted by Crippen LogP contribution is -2.31. The van der Waals surface area contributed by atoms with Crippen LogP contribution in [0.15, 0.2) is 23.6 Å². The van der Waals surface area contributed by atoms with E-state index in [0.29, 0.717) is 16.0 Å². The minimum atomic E-state index is -0.924. The Morgan fingerprint density at radius 2 is 1.93 bits per heavy atom. The van der Waals surface area contributed by atoms with E-state index >= 15 is 0 Å². The summed E-state index contributed by atoms with van der Waals surface area (Å²) in [5, 5.41) is 20.2. The maximum absolute atomic E-state index is 11.5. The molecule has 2 unspecified atom stereocenters. The number of thiophene rings is 1. The zero-order valence-electron chi connectivity index (χ0n) is 16.4. The van der Waals surface area contributed by atoms with Crippen molar-refractivity contribution >= 4 is 58.4 Å². The molecule has 1 aromatic rings. The minimum Gasteiger partial charge on any atom is -0.480 e. The normalized spacial score (nSPS) is 19.1. The van der Waals surface area contributed by atoms with Gasteiger partial charge in [0.05, 0.1) is 4.34 Å². The molecule has 28 heavy (non-hydrogen) atoms. The van der Waals surface area contributed by atoms with Gasteiger partial charge in [0.25, 0.3) is 0 Å². The van der Waals surface area contributed by atoms with Crippen molar-refractivity contribution in [3.63, 3.8) is 0 Å². The predicted molar refractivity (Wildman–Crippen MR) is 123 cm³/mol. The van der Waals surface area contributed by atoms with Crippen molar-refractivity contribution in [1.29, 1.82) is 0 Å². The van der Waals surface area contributed by atoms with Gasteiger partial charge in [-0.3, -0.25) is 0 Å². The summed E-state index contributed by atoms with van der Waals surface area (Å²) < 4.78 is -0.142. The van der Waals surface area contributed by atoms with Crippen molar-refractivity contribution in [2.75, 3.05) is 0 Å². The molecule has 1 aliphatic heterocycles. The molecule has 0 amide bonds. The van der Waals surface area contributed by atoms with Gasteiger partial charge in [-0.2, -0.15) is 0 Å². The quantitative estimate of drug-likeness (QED) is 0.332. The lowest BCUT2D eigenvalue weighted by molar-refractivity contribution is -0.137. The van der Waals surface area contributed by atoms with Crippen LogP contribution in [0.5, 0.6) is 0 Å². The Bertz CT molecular complexity index is 637. The van der Waals surface area contributed by atoms with Crippen molar-refractivity contribution in [3.8, 4) is 0 Å². The van der Waals surface area contributed by atoms with Gasteiger partial charge in [0.2, 0.25) is 0 Å². The van der Waals surface area contributed by atoms with Crippen LogP contribution in [0, 0.1) is 0 Å². The first-order valence-corrected chi connectivity index (χ1v) is 12.5. The van der Waals surface area contributed by atoms with Gasteiger partial charge in [-0.1, -0.05) is 63.6 Å². The van der Waals surface area contributed by atoms with Gasteiger partial charge in [0.15, 0.2) is 4.08 Å². The summed E-state index contributed by atoms with van der Waals surface area (Å²) in [6.07, 6.45) is 11.3. The minimum absolute atomic E-state index is 0.278. The molecule has 0 aliphatic carbocycles. The topological polar surface area (TPSA) is 74.6 Å². The summed E-state index contributed by atoms with van der Waals surface area (Å²) >= 11 is 9.67. The number of aromatic carboxylic acids is 1. The summed E-state index contributed by atoms with van der Waals surface area (Å²) in [5.41, 5.74) is 0. The van der Waals surface area contributed by atoms with E-state index < -0.39 is 16.0 Å². The number of carbonyl (C=O) groups is 2. The van der Waals surface area contributed by atoms with Gasteiger partial charge in [0.1, 0.15) is 4.88 Å². The highest BCUT2D eigenvalue weighted by molar-refractivity contribution is 8.21. The molecule has 0 fully saturated rings. The summed E-state index contributed by atoms with van der Waals surface area (Å²) in [6.45, 7) is 4.40. The van der Waals surface area contributed by atoms with Crippen LogP contribution in [-0.4, -0.2) is 31.5 Å². The number of rotatable bonds is 11. The molecule has 158 valence electrons. The predicted octanol–water partition coefficient (Wildman–Crippen LogP) is 7.39. The average molecular weight is 465 g/mol. The van der Waals surface area contributed by atoms with Crippen LogP contribution in [0.2, 0.25) is 4.34 Å². The molecule has 2 N–H and O–H groups in total. The van der Waals surface area contributed by atoms with Crippen molar-refractivity contribution in [3.05, 3.63) is 32.8 Å². The Morgan fingerprint density at radius 1 is 1.21 bits per heavy atom. The standard InChI is InChI=1S/C15H26O2S2.C5H3ClO2S/c1-3-5-6-7-8-10-13(4-2)19-15(14(16)17)11-9-12-18-15;6-4-2-1-3(9-4)5(7)8/h9,12-13H,3-8,10-11H2,1-2H3,(H,16,17);1-2H,(H,7,8). The second-order valence-corrected chi connectivity index (χ2v) is 11.3. The fourth-order valence-electron chi connectivity index (χ4n) is 2.69. The van der Waals surface area contributed by atoms with E-state index in [9.17, 15) is 14.7 Å². The number of thioether (sulfide) groups is 2. The Labute approximate surface area is 185 Å². The van der Waals surface area contributed by atoms with E-state index in [4.69, 9.17) is 16.7 Å². The monoisotopic (exact) mass is 464 g/mol. The fourth-order valence-corrected chi connectivity index (χ4v) is 6.36. The highest BCUT2D eigenvalue weighted by Crippen LogP contribution is 2.49. The second kappa shape index (κ2) is 13.6. The zero-order valence-corrected chi connectivity index (χ0v) is 19.6. The van der Waals surface area contributed by atoms with Gasteiger partial charge in [0, 0.05) is 11.7 Å². The number of hydrogen-bond acceptors (Lipinski definition) is 5. The summed E-state index contributed by atoms with van der Waals surface area (Å²) in [7, 11) is 0. The molecule has 8 heteroatoms. The lowest BCUT2D eigenvalue weighted by Gasteiger charge is -2.27. The molecule has 0 bridgehead atoms. The first kappa shape index (κ1) is 25.4. The van der Waals surface area contributed by atoms with Crippen molar-refractivity contribution in [2.24, 2.45) is 0 Å². The Balaban J connectivity index is 0.000000362. The smallest absolute Gasteiger partial charge is 0.345 e. The molecule has 1 aliphatic rings. The highest BCUT2D eigenvalue weighted by Gasteiger charge is 2.42. The first-order chi connectivity index (χ1) is 13.3. The molecule has 1 aromatic heterocycles. The fraction of sp³-hybridized carbons (Fsp3) is 0.600. The molecule has 0 radical (unpaired) electrons. The molecule has 2 rings (SSSR count). The molecule has 2 atom stereocenters. The third-order valence-electron chi connectivity index (χ3n) is 4.29. The van der Waals surface area contributed by atoms with Crippen LogP contribution in [0.4, 0.5) is 0 Å². The van der Waals surface area contributed by atoms with Crippen LogP contribution in [0.25, 0.3) is 0 Å². The number of carboxylic acid groups (broad SMARTS) is 2. The SMILES string of the molecule is CCCCCCCC(CC)SC1(C(=O)O)CC=CS1.O=C(O)c1ccc(Cl)s1. The number of unbranched alkanes of at least 4 members (excludes halogenated alkanes) is 4. The number of aliphatic carboxylic acids is 1. The third kappa shape index (κ3) is 8.80. The van der Waals surface area contributed by atoms with Crippen LogP contribution in [0.3, 0.4) is 0 Å². The number of carboxylic acids is 2. The van der Waals surface area contributed by atoms with Crippen molar-refractivity contribution in [2.45, 2.75) is 74.5 Å². The summed E-state index contributed by atoms with van der Waals surface area (Å²) in [6, 6.07) is 3.05. The molecular formula is C20H29ClO4S3. The molecular weight excluding hydrogens is 436 g/mol. The van der Waals surface area contributed by atoms with E-state index in [-0.39, 0.29) is 4.88 Å². The third-order valence-corrected chi connectivity index (χ3v) is 8.76. The van der Waals surface area contributed by atoms with Crippen LogP contribution >= 0.6 is 46.5 Å². The van der Waals surface area contributed by atoms with Gasteiger partial charge >= 0.3 is 11.9 Å². The molecule has 0 saturated carbocycles. The number of halogens is 1. The van der Waals surface area contributed by atoms with E-state index in [1.807, 2.05) is 11.5 Å². The molecule has 0 aromatic carbocycles. The van der Waals surface area contributed by atoms with Gasteiger partial charge in [-0.05, 0) is 30.4 Å². The van der Waals surface area contributed by atoms with E-state index in [2.05, 4.69) is 13.8 Å². The largest absolute Gasteiger partial charge is 0.480 e. The van der Waals surface area contributed by atoms with E-state index in [1.54, 1.807) is 17.8 Å². The maximum atomic E-state index is 11.5. The van der Waals surface area contributed by atoms with Gasteiger partial charge in [-0.15, -0.1) is 34.9 Å². The Kier molecular flexibility index (Phi) is 12.3. The molecule has 4 nitrogen and oxygen atoms in total. The van der Waals surface area contributed by atoms with Crippen LogP contribution in [-0.2, 0) is 4.79 Å². The Morgan fingerprint density at radius 3 is 2.36 bits per heavy atom. The van der Waals surface area contributed by atoms with Crippen LogP contribution < -0.4 is 0 Å². The second-order valence-electron chi connectivity index (χ2n) is 6.51.